The molecule has 1 atom stereocenters. The minimum absolute atomic E-state index is 0.0284. The molecule has 5 nitrogen and oxygen atoms in total. The highest BCUT2D eigenvalue weighted by Crippen LogP contribution is 2.52. The Labute approximate surface area is 211 Å². The molecular weight excluding hydrogens is 489 g/mol. The second-order valence-corrected chi connectivity index (χ2v) is 11.1. The van der Waals surface area contributed by atoms with E-state index < -0.39 is 5.92 Å². The number of carbonyl (C=O) groups excluding carboxylic acids is 2. The number of hydrogen-bond acceptors (Lipinski definition) is 5. The molecule has 0 radical (unpaired) electrons. The molecule has 2 aliphatic carbocycles. The van der Waals surface area contributed by atoms with Gasteiger partial charge in [0.2, 0.25) is 0 Å². The molecule has 1 amide bonds. The first-order valence-electron chi connectivity index (χ1n) is 11.6. The van der Waals surface area contributed by atoms with Crippen molar-refractivity contribution in [2.75, 3.05) is 4.90 Å². The fraction of sp³-hybridized carbons (Fsp3) is 0.346. The van der Waals surface area contributed by atoms with Gasteiger partial charge in [-0.3, -0.25) is 14.5 Å². The third-order valence-electron chi connectivity index (χ3n) is 7.21. The van der Waals surface area contributed by atoms with Crippen LogP contribution < -0.4 is 10.2 Å². The monoisotopic (exact) mass is 509 g/mol. The van der Waals surface area contributed by atoms with Crippen LogP contribution in [0.25, 0.3) is 0 Å². The van der Waals surface area contributed by atoms with Crippen molar-refractivity contribution < 1.29 is 9.59 Å². The lowest BCUT2D eigenvalue weighted by atomic mass is 9.75. The van der Waals surface area contributed by atoms with E-state index in [4.69, 9.17) is 23.2 Å². The molecule has 0 bridgehead atoms. The molecule has 1 aromatic carbocycles. The van der Waals surface area contributed by atoms with Crippen LogP contribution in [-0.4, -0.2) is 11.7 Å². The second-order valence-electron chi connectivity index (χ2n) is 9.14. The number of fused-ring (bicyclic) bond motifs is 6. The molecule has 0 spiro atoms. The number of nitrogens with one attached hydrogen (secondary N) is 1. The van der Waals surface area contributed by atoms with Gasteiger partial charge in [0.1, 0.15) is 10.8 Å². The predicted octanol–water partition coefficient (Wildman–Crippen LogP) is 6.41. The summed E-state index contributed by atoms with van der Waals surface area (Å²) in [5.74, 6) is -0.314. The topological polar surface area (TPSA) is 73.2 Å². The molecule has 6 rings (SSSR count). The van der Waals surface area contributed by atoms with Gasteiger partial charge in [-0.05, 0) is 61.8 Å². The zero-order valence-corrected chi connectivity index (χ0v) is 20.7. The third kappa shape index (κ3) is 3.18. The summed E-state index contributed by atoms with van der Waals surface area (Å²) < 4.78 is 0. The number of rotatable bonds is 1. The van der Waals surface area contributed by atoms with E-state index in [1.54, 1.807) is 29.5 Å². The Hall–Kier alpha value is -2.59. The van der Waals surface area contributed by atoms with Crippen LogP contribution in [0.4, 0.5) is 5.00 Å². The van der Waals surface area contributed by atoms with Gasteiger partial charge in [-0.2, -0.15) is 5.26 Å². The lowest BCUT2D eigenvalue weighted by Gasteiger charge is -2.42. The highest BCUT2D eigenvalue weighted by Gasteiger charge is 2.46. The Bertz CT molecular complexity index is 1380. The molecule has 1 aromatic heterocycles. The van der Waals surface area contributed by atoms with Crippen LogP contribution in [0.5, 0.6) is 0 Å². The van der Waals surface area contributed by atoms with Crippen LogP contribution >= 0.6 is 34.5 Å². The van der Waals surface area contributed by atoms with Crippen LogP contribution in [0, 0.1) is 11.3 Å². The molecule has 0 saturated carbocycles. The normalized spacial score (nSPS) is 21.8. The first kappa shape index (κ1) is 21.9. The quantitative estimate of drug-likeness (QED) is 0.450. The summed E-state index contributed by atoms with van der Waals surface area (Å²) in [4.78, 5) is 30.1. The average Bonchev–Trinajstić information content (AvgIpc) is 3.02. The van der Waals surface area contributed by atoms with Gasteiger partial charge in [0, 0.05) is 32.6 Å². The van der Waals surface area contributed by atoms with Crippen molar-refractivity contribution >= 4 is 51.2 Å². The first-order chi connectivity index (χ1) is 16.5. The van der Waals surface area contributed by atoms with Crippen molar-refractivity contribution in [3.8, 4) is 6.07 Å². The maximum Gasteiger partial charge on any atom is 0.260 e. The van der Waals surface area contributed by atoms with Gasteiger partial charge in [-0.15, -0.1) is 11.3 Å². The summed E-state index contributed by atoms with van der Waals surface area (Å²) in [6, 6.07) is 7.45. The molecule has 172 valence electrons. The Morgan fingerprint density at radius 3 is 2.68 bits per heavy atom. The van der Waals surface area contributed by atoms with Gasteiger partial charge in [0.05, 0.1) is 23.1 Å². The van der Waals surface area contributed by atoms with E-state index in [0.29, 0.717) is 45.4 Å². The summed E-state index contributed by atoms with van der Waals surface area (Å²) in [5.41, 5.74) is 4.33. The summed E-state index contributed by atoms with van der Waals surface area (Å²) >= 11 is 14.4. The van der Waals surface area contributed by atoms with Gasteiger partial charge in [-0.25, -0.2) is 0 Å². The second kappa shape index (κ2) is 8.27. The summed E-state index contributed by atoms with van der Waals surface area (Å²) in [5, 5.41) is 15.1. The van der Waals surface area contributed by atoms with E-state index in [2.05, 4.69) is 11.4 Å². The van der Waals surface area contributed by atoms with Gasteiger partial charge in [-0.1, -0.05) is 35.7 Å². The number of benzene rings is 1. The Morgan fingerprint density at radius 1 is 1.06 bits per heavy atom. The summed E-state index contributed by atoms with van der Waals surface area (Å²) in [6.45, 7) is 0. The number of allylic oxidation sites excluding steroid dienone is 3. The SMILES string of the molecule is N#CC1=C2NC(=O)c3c(sc4c3CCCCC4)N2C2=C(C(=O)CCC2)[C@@H]1c1ccc(Cl)cc1Cl. The molecule has 0 unspecified atom stereocenters. The number of hydrogen-bond donors (Lipinski definition) is 1. The smallest absolute Gasteiger partial charge is 0.260 e. The Kier molecular flexibility index (Phi) is 5.33. The van der Waals surface area contributed by atoms with E-state index in [9.17, 15) is 14.9 Å². The molecule has 8 heteroatoms. The standard InChI is InChI=1S/C26H21Cl2N3O2S/c27-13-9-10-14(17(28)11-13)21-16(12-29)24-30-25(33)22-15-5-2-1-3-8-20(15)34-26(22)31(24)18-6-4-7-19(32)23(18)21/h9-11,21H,1-8H2,(H,30,33)/t21-/m1/s1. The average molecular weight is 510 g/mol. The maximum absolute atomic E-state index is 13.4. The molecule has 3 heterocycles. The van der Waals surface area contributed by atoms with E-state index in [0.717, 1.165) is 53.9 Å². The molecule has 0 saturated heterocycles. The largest absolute Gasteiger partial charge is 0.307 e. The van der Waals surface area contributed by atoms with Crippen LogP contribution in [0.2, 0.25) is 10.0 Å². The number of Topliss-reactive ketones (excluding diaryl/α,β-unsaturated/α-hetero) is 1. The van der Waals surface area contributed by atoms with Gasteiger partial charge in [0.15, 0.2) is 5.78 Å². The predicted molar refractivity (Wildman–Crippen MR) is 133 cm³/mol. The minimum atomic E-state index is -0.636. The van der Waals surface area contributed by atoms with Gasteiger partial charge in [0.25, 0.3) is 5.91 Å². The van der Waals surface area contributed by atoms with E-state index in [1.165, 1.54) is 11.3 Å². The maximum atomic E-state index is 13.4. The van der Waals surface area contributed by atoms with E-state index in [1.807, 2.05) is 4.90 Å². The summed E-state index contributed by atoms with van der Waals surface area (Å²) in [6.07, 6.45) is 7.07. The Balaban J connectivity index is 1.62. The van der Waals surface area contributed by atoms with E-state index >= 15 is 0 Å². The number of anilines is 1. The van der Waals surface area contributed by atoms with Crippen LogP contribution in [0.1, 0.15) is 70.8 Å². The van der Waals surface area contributed by atoms with Crippen molar-refractivity contribution in [3.63, 3.8) is 0 Å². The van der Waals surface area contributed by atoms with Crippen molar-refractivity contribution in [3.05, 3.63) is 72.5 Å². The number of aryl methyl sites for hydroxylation is 1. The molecule has 0 fully saturated rings. The summed E-state index contributed by atoms with van der Waals surface area (Å²) in [7, 11) is 0. The number of nitrogens with zero attached hydrogens (tertiary/aromatic N) is 2. The number of nitriles is 1. The molecule has 34 heavy (non-hydrogen) atoms. The lowest BCUT2D eigenvalue weighted by molar-refractivity contribution is -0.116. The van der Waals surface area contributed by atoms with Crippen molar-refractivity contribution in [1.82, 2.24) is 5.32 Å². The number of ketones is 1. The van der Waals surface area contributed by atoms with Crippen molar-refractivity contribution in [2.24, 2.45) is 0 Å². The lowest BCUT2D eigenvalue weighted by Crippen LogP contribution is -2.46. The van der Waals surface area contributed by atoms with E-state index in [-0.39, 0.29) is 11.7 Å². The molecule has 2 aromatic rings. The van der Waals surface area contributed by atoms with Crippen LogP contribution in [0.3, 0.4) is 0 Å². The molecule has 2 aliphatic heterocycles. The minimum Gasteiger partial charge on any atom is -0.307 e. The molecule has 1 N–H and O–H groups in total. The van der Waals surface area contributed by atoms with Gasteiger partial charge >= 0.3 is 0 Å². The van der Waals surface area contributed by atoms with Crippen LogP contribution in [-0.2, 0) is 17.6 Å². The van der Waals surface area contributed by atoms with Crippen LogP contribution in [0.15, 0.2) is 40.9 Å². The highest BCUT2D eigenvalue weighted by atomic mass is 35.5. The molecule has 4 aliphatic rings. The highest BCUT2D eigenvalue weighted by molar-refractivity contribution is 7.17. The Morgan fingerprint density at radius 2 is 1.88 bits per heavy atom. The number of amides is 1. The third-order valence-corrected chi connectivity index (χ3v) is 9.05. The van der Waals surface area contributed by atoms with Crippen molar-refractivity contribution in [1.29, 1.82) is 5.26 Å². The first-order valence-corrected chi connectivity index (χ1v) is 13.2. The number of carbonyl (C=O) groups is 2. The molecular formula is C26H21Cl2N3O2S. The van der Waals surface area contributed by atoms with Gasteiger partial charge < -0.3 is 5.32 Å². The number of thiophene rings is 1. The zero-order chi connectivity index (χ0) is 23.6. The fourth-order valence-corrected chi connectivity index (χ4v) is 7.68. The van der Waals surface area contributed by atoms with Crippen molar-refractivity contribution in [2.45, 2.75) is 57.3 Å². The number of halogens is 2. The zero-order valence-electron chi connectivity index (χ0n) is 18.3. The fourth-order valence-electron chi connectivity index (χ4n) is 5.74.